The number of nitrogens with one attached hydrogen (secondary N) is 2. The van der Waals surface area contributed by atoms with Gasteiger partial charge in [-0.15, -0.1) is 0 Å². The highest BCUT2D eigenvalue weighted by molar-refractivity contribution is 5.87. The Labute approximate surface area is 194 Å². The summed E-state index contributed by atoms with van der Waals surface area (Å²) in [5.74, 6) is 0.773. The lowest BCUT2D eigenvalue weighted by Crippen LogP contribution is -2.40. The van der Waals surface area contributed by atoms with E-state index in [1.54, 1.807) is 12.1 Å². The van der Waals surface area contributed by atoms with Crippen molar-refractivity contribution in [2.75, 3.05) is 5.32 Å². The number of aromatic nitrogens is 4. The normalized spacial score (nSPS) is 18.8. The molecule has 174 valence electrons. The van der Waals surface area contributed by atoms with Crippen molar-refractivity contribution in [1.82, 2.24) is 20.0 Å². The third kappa shape index (κ3) is 4.88. The molecule has 33 heavy (non-hydrogen) atoms. The number of hydrogen-bond acceptors (Lipinski definition) is 5. The Morgan fingerprint density at radius 3 is 2.48 bits per heavy atom. The molecule has 2 aliphatic rings. The summed E-state index contributed by atoms with van der Waals surface area (Å²) in [6.07, 6.45) is 10.5. The van der Waals surface area contributed by atoms with Gasteiger partial charge in [0.05, 0.1) is 29.1 Å². The first-order chi connectivity index (χ1) is 16.1. The molecule has 0 unspecified atom stereocenters. The van der Waals surface area contributed by atoms with E-state index in [9.17, 15) is 9.90 Å². The third-order valence-electron chi connectivity index (χ3n) is 7.13. The number of anilines is 1. The van der Waals surface area contributed by atoms with Crippen LogP contribution in [0.2, 0.25) is 0 Å². The van der Waals surface area contributed by atoms with Gasteiger partial charge in [0.15, 0.2) is 5.82 Å². The number of aromatic amines is 1. The van der Waals surface area contributed by atoms with E-state index < -0.39 is 5.60 Å². The predicted octanol–water partition coefficient (Wildman–Crippen LogP) is 4.74. The SMILES string of the molecule is O=c1ccc(-c2c(NC3CCCCC3)n[nH]c2-c2ccccc2)nn1CC1(O)CCCCC1. The van der Waals surface area contributed by atoms with Gasteiger partial charge >= 0.3 is 0 Å². The van der Waals surface area contributed by atoms with Crippen molar-refractivity contribution in [3.63, 3.8) is 0 Å². The van der Waals surface area contributed by atoms with Crippen LogP contribution in [0.3, 0.4) is 0 Å². The molecule has 0 spiro atoms. The summed E-state index contributed by atoms with van der Waals surface area (Å²) in [5, 5.41) is 27.3. The van der Waals surface area contributed by atoms with E-state index in [4.69, 9.17) is 5.10 Å². The van der Waals surface area contributed by atoms with Crippen LogP contribution in [-0.2, 0) is 6.54 Å². The van der Waals surface area contributed by atoms with Gasteiger partial charge in [0.1, 0.15) is 0 Å². The predicted molar refractivity (Wildman–Crippen MR) is 130 cm³/mol. The maximum Gasteiger partial charge on any atom is 0.266 e. The van der Waals surface area contributed by atoms with Crippen molar-refractivity contribution in [2.45, 2.75) is 82.4 Å². The zero-order valence-electron chi connectivity index (χ0n) is 19.1. The number of hydrogen-bond donors (Lipinski definition) is 3. The van der Waals surface area contributed by atoms with Crippen LogP contribution >= 0.6 is 0 Å². The molecular weight excluding hydrogens is 414 g/mol. The van der Waals surface area contributed by atoms with E-state index in [1.807, 2.05) is 30.3 Å². The lowest BCUT2D eigenvalue weighted by molar-refractivity contribution is -0.0153. The van der Waals surface area contributed by atoms with Crippen LogP contribution in [-0.4, -0.2) is 36.7 Å². The quantitative estimate of drug-likeness (QED) is 0.507. The zero-order chi connectivity index (χ0) is 22.7. The second-order valence-electron chi connectivity index (χ2n) is 9.67. The minimum atomic E-state index is -0.866. The van der Waals surface area contributed by atoms with E-state index in [-0.39, 0.29) is 12.1 Å². The van der Waals surface area contributed by atoms with Gasteiger partial charge in [-0.2, -0.15) is 10.2 Å². The van der Waals surface area contributed by atoms with Crippen molar-refractivity contribution in [3.05, 3.63) is 52.8 Å². The number of nitrogens with zero attached hydrogens (tertiary/aromatic N) is 3. The monoisotopic (exact) mass is 447 g/mol. The minimum Gasteiger partial charge on any atom is -0.388 e. The molecule has 7 heteroatoms. The lowest BCUT2D eigenvalue weighted by Gasteiger charge is -2.32. The van der Waals surface area contributed by atoms with Crippen LogP contribution in [0.15, 0.2) is 47.3 Å². The molecule has 0 bridgehead atoms. The van der Waals surface area contributed by atoms with E-state index in [0.717, 1.165) is 54.7 Å². The van der Waals surface area contributed by atoms with Crippen molar-refractivity contribution in [1.29, 1.82) is 0 Å². The Morgan fingerprint density at radius 1 is 1.00 bits per heavy atom. The standard InChI is InChI=1S/C26H33N5O2/c32-22-15-14-21(30-31(22)18-26(33)16-8-3-9-17-26)23-24(19-10-4-1-5-11-19)28-29-25(23)27-20-12-6-2-7-13-20/h1,4-5,10-11,14-15,20,33H,2-3,6-9,12-13,16-18H2,(H2,27,28,29). The van der Waals surface area contributed by atoms with Crippen molar-refractivity contribution < 1.29 is 5.11 Å². The van der Waals surface area contributed by atoms with Crippen LogP contribution in [0.25, 0.3) is 22.5 Å². The van der Waals surface area contributed by atoms with Crippen molar-refractivity contribution in [2.24, 2.45) is 0 Å². The summed E-state index contributed by atoms with van der Waals surface area (Å²) in [4.78, 5) is 12.7. The second kappa shape index (κ2) is 9.51. The molecule has 0 aliphatic heterocycles. The second-order valence-corrected chi connectivity index (χ2v) is 9.67. The molecule has 2 heterocycles. The van der Waals surface area contributed by atoms with Gasteiger partial charge in [-0.25, -0.2) is 4.68 Å². The smallest absolute Gasteiger partial charge is 0.266 e. The summed E-state index contributed by atoms with van der Waals surface area (Å²) in [7, 11) is 0. The van der Waals surface area contributed by atoms with E-state index in [2.05, 4.69) is 15.5 Å². The molecule has 2 aromatic heterocycles. The molecule has 0 amide bonds. The molecule has 2 aliphatic carbocycles. The molecular formula is C26H33N5O2. The van der Waals surface area contributed by atoms with Crippen LogP contribution in [0.4, 0.5) is 5.82 Å². The van der Waals surface area contributed by atoms with Crippen LogP contribution < -0.4 is 10.9 Å². The fourth-order valence-electron chi connectivity index (χ4n) is 5.29. The third-order valence-corrected chi connectivity index (χ3v) is 7.13. The minimum absolute atomic E-state index is 0.190. The largest absolute Gasteiger partial charge is 0.388 e. The van der Waals surface area contributed by atoms with Gasteiger partial charge in [-0.3, -0.25) is 9.89 Å². The first kappa shape index (κ1) is 21.9. The molecule has 2 saturated carbocycles. The summed E-state index contributed by atoms with van der Waals surface area (Å²) in [6.45, 7) is 0.226. The van der Waals surface area contributed by atoms with Gasteiger partial charge in [-0.1, -0.05) is 68.9 Å². The van der Waals surface area contributed by atoms with E-state index >= 15 is 0 Å². The molecule has 1 aromatic carbocycles. The first-order valence-electron chi connectivity index (χ1n) is 12.3. The van der Waals surface area contributed by atoms with Crippen molar-refractivity contribution in [3.8, 4) is 22.5 Å². The number of rotatable bonds is 6. The zero-order valence-corrected chi connectivity index (χ0v) is 19.1. The van der Waals surface area contributed by atoms with E-state index in [0.29, 0.717) is 24.6 Å². The highest BCUT2D eigenvalue weighted by Gasteiger charge is 2.31. The van der Waals surface area contributed by atoms with Gasteiger partial charge in [0.25, 0.3) is 5.56 Å². The summed E-state index contributed by atoms with van der Waals surface area (Å²) >= 11 is 0. The van der Waals surface area contributed by atoms with Gasteiger partial charge in [0.2, 0.25) is 0 Å². The fourth-order valence-corrected chi connectivity index (χ4v) is 5.29. The summed E-state index contributed by atoms with van der Waals surface area (Å²) in [6, 6.07) is 13.8. The number of benzene rings is 1. The molecule has 2 fully saturated rings. The first-order valence-corrected chi connectivity index (χ1v) is 12.3. The van der Waals surface area contributed by atoms with Crippen molar-refractivity contribution >= 4 is 5.82 Å². The molecule has 0 saturated heterocycles. The highest BCUT2D eigenvalue weighted by Crippen LogP contribution is 2.36. The van der Waals surface area contributed by atoms with Gasteiger partial charge < -0.3 is 10.4 Å². The maximum absolute atomic E-state index is 12.7. The topological polar surface area (TPSA) is 95.8 Å². The Kier molecular flexibility index (Phi) is 6.31. The Hall–Kier alpha value is -2.93. The Bertz CT molecular complexity index is 1130. The van der Waals surface area contributed by atoms with E-state index in [1.165, 1.54) is 23.9 Å². The fraction of sp³-hybridized carbons (Fsp3) is 0.500. The Balaban J connectivity index is 1.54. The molecule has 5 rings (SSSR count). The molecule has 0 atom stereocenters. The number of aliphatic hydroxyl groups is 1. The maximum atomic E-state index is 12.7. The molecule has 0 radical (unpaired) electrons. The summed E-state index contributed by atoms with van der Waals surface area (Å²) < 4.78 is 1.44. The lowest BCUT2D eigenvalue weighted by atomic mass is 9.85. The van der Waals surface area contributed by atoms with Gasteiger partial charge in [-0.05, 0) is 31.7 Å². The average Bonchev–Trinajstić information content (AvgIpc) is 3.25. The van der Waals surface area contributed by atoms with Crippen LogP contribution in [0.1, 0.15) is 64.2 Å². The average molecular weight is 448 g/mol. The summed E-state index contributed by atoms with van der Waals surface area (Å²) in [5.41, 5.74) is 2.39. The Morgan fingerprint density at radius 2 is 1.73 bits per heavy atom. The molecule has 3 aromatic rings. The van der Waals surface area contributed by atoms with Crippen LogP contribution in [0.5, 0.6) is 0 Å². The van der Waals surface area contributed by atoms with Gasteiger partial charge in [0, 0.05) is 17.7 Å². The molecule has 7 nitrogen and oxygen atoms in total. The highest BCUT2D eigenvalue weighted by atomic mass is 16.3. The molecule has 3 N–H and O–H groups in total. The number of H-pyrrole nitrogens is 1. The van der Waals surface area contributed by atoms with Crippen LogP contribution in [0, 0.1) is 0 Å².